The van der Waals surface area contributed by atoms with Crippen LogP contribution in [0.25, 0.3) is 0 Å². The number of benzene rings is 2. The summed E-state index contributed by atoms with van der Waals surface area (Å²) in [6.07, 6.45) is -4.58. The third-order valence-electron chi connectivity index (χ3n) is 2.73. The van der Waals surface area contributed by atoms with Crippen molar-refractivity contribution in [3.63, 3.8) is 0 Å². The third-order valence-corrected chi connectivity index (χ3v) is 4.22. The van der Waals surface area contributed by atoms with Crippen LogP contribution in [0, 0.1) is 0 Å². The van der Waals surface area contributed by atoms with Gasteiger partial charge >= 0.3 is 11.4 Å². The number of carbonyl (C=O) groups is 1. The van der Waals surface area contributed by atoms with Gasteiger partial charge in [0.05, 0.1) is 10.5 Å². The maximum Gasteiger partial charge on any atom is 0.416 e. The van der Waals surface area contributed by atoms with Gasteiger partial charge in [0.15, 0.2) is 0 Å². The molecule has 22 heavy (non-hydrogen) atoms. The maximum atomic E-state index is 12.6. The number of carbonyl (C=O) groups excluding carboxylic acids is 1. The van der Waals surface area contributed by atoms with Crippen LogP contribution < -0.4 is 5.32 Å². The highest BCUT2D eigenvalue weighted by Gasteiger charge is 2.31. The Morgan fingerprint density at radius 2 is 1.59 bits per heavy atom. The zero-order valence-electron chi connectivity index (χ0n) is 11.0. The van der Waals surface area contributed by atoms with E-state index in [2.05, 4.69) is 0 Å². The largest absolute Gasteiger partial charge is 0.416 e. The van der Waals surface area contributed by atoms with Crippen molar-refractivity contribution in [1.29, 1.82) is 0 Å². The summed E-state index contributed by atoms with van der Waals surface area (Å²) in [5.74, 6) is 0. The molecule has 0 heterocycles. The van der Waals surface area contributed by atoms with Gasteiger partial charge in [0, 0.05) is 5.69 Å². The number of alkyl halides is 3. The summed E-state index contributed by atoms with van der Waals surface area (Å²) >= 11 is 0. The third kappa shape index (κ3) is 3.45. The Hall–Kier alpha value is -2.35. The lowest BCUT2D eigenvalue weighted by atomic mass is 10.2. The molecule has 0 aliphatic rings. The number of anilines is 1. The van der Waals surface area contributed by atoms with Gasteiger partial charge in [-0.1, -0.05) is 24.3 Å². The van der Waals surface area contributed by atoms with Crippen molar-refractivity contribution in [1.82, 2.24) is 0 Å². The van der Waals surface area contributed by atoms with Gasteiger partial charge in [-0.15, -0.1) is 0 Å². The maximum absolute atomic E-state index is 12.6. The molecule has 0 aliphatic carbocycles. The van der Waals surface area contributed by atoms with Crippen LogP contribution in [0.2, 0.25) is 0 Å². The Labute approximate surface area is 124 Å². The number of halogens is 3. The molecular formula is C14H10F3NO3S. The van der Waals surface area contributed by atoms with Crippen LogP contribution in [0.4, 0.5) is 23.7 Å². The van der Waals surface area contributed by atoms with Gasteiger partial charge in [-0.05, 0) is 30.3 Å². The molecule has 0 radical (unpaired) electrons. The molecule has 116 valence electrons. The Bertz CT molecular complexity index is 786. The monoisotopic (exact) mass is 329 g/mol. The van der Waals surface area contributed by atoms with Gasteiger partial charge in [0.25, 0.3) is 9.84 Å². The van der Waals surface area contributed by atoms with Crippen LogP contribution in [-0.4, -0.2) is 13.7 Å². The first-order valence-corrected chi connectivity index (χ1v) is 7.48. The Morgan fingerprint density at radius 3 is 2.18 bits per heavy atom. The number of hydrogen-bond donors (Lipinski definition) is 1. The first kappa shape index (κ1) is 16.0. The average molecular weight is 329 g/mol. The summed E-state index contributed by atoms with van der Waals surface area (Å²) < 4.78 is 61.7. The van der Waals surface area contributed by atoms with Gasteiger partial charge in [-0.3, -0.25) is 4.79 Å². The van der Waals surface area contributed by atoms with Crippen molar-refractivity contribution in [3.8, 4) is 0 Å². The number of nitrogens with one attached hydrogen (secondary N) is 1. The normalized spacial score (nSPS) is 12.0. The molecule has 0 saturated carbocycles. The van der Waals surface area contributed by atoms with Crippen molar-refractivity contribution in [2.75, 3.05) is 5.32 Å². The molecule has 8 heteroatoms. The van der Waals surface area contributed by atoms with E-state index in [-0.39, 0.29) is 10.6 Å². The van der Waals surface area contributed by atoms with Crippen molar-refractivity contribution >= 4 is 20.8 Å². The topological polar surface area (TPSA) is 63.2 Å². The smallest absolute Gasteiger partial charge is 0.312 e. The first-order valence-electron chi connectivity index (χ1n) is 5.99. The zero-order valence-corrected chi connectivity index (χ0v) is 11.8. The molecule has 0 aromatic heterocycles. The van der Waals surface area contributed by atoms with Crippen LogP contribution in [0.1, 0.15) is 5.56 Å². The second-order valence-electron chi connectivity index (χ2n) is 4.31. The SMILES string of the molecule is O=C(Nc1cccc(C(F)(F)F)c1)S(=O)(=O)c1ccccc1. The number of sulfone groups is 1. The summed E-state index contributed by atoms with van der Waals surface area (Å²) in [5, 5.41) is 0.576. The van der Waals surface area contributed by atoms with Crippen molar-refractivity contribution in [2.24, 2.45) is 0 Å². The lowest BCUT2D eigenvalue weighted by molar-refractivity contribution is -0.137. The molecule has 0 atom stereocenters. The van der Waals surface area contributed by atoms with E-state index < -0.39 is 26.8 Å². The molecule has 1 N–H and O–H groups in total. The van der Waals surface area contributed by atoms with E-state index in [4.69, 9.17) is 0 Å². The molecule has 0 bridgehead atoms. The van der Waals surface area contributed by atoms with E-state index >= 15 is 0 Å². The molecule has 0 unspecified atom stereocenters. The molecule has 0 saturated heterocycles. The molecule has 4 nitrogen and oxygen atoms in total. The fourth-order valence-corrected chi connectivity index (χ4v) is 2.65. The van der Waals surface area contributed by atoms with Crippen LogP contribution in [0.3, 0.4) is 0 Å². The predicted octanol–water partition coefficient (Wildman–Crippen LogP) is 3.71. The number of hydrogen-bond acceptors (Lipinski definition) is 3. The summed E-state index contributed by atoms with van der Waals surface area (Å²) in [4.78, 5) is 11.6. The first-order chi connectivity index (χ1) is 10.2. The number of amides is 1. The Morgan fingerprint density at radius 1 is 0.955 bits per heavy atom. The molecule has 1 amide bonds. The van der Waals surface area contributed by atoms with Crippen molar-refractivity contribution in [2.45, 2.75) is 11.1 Å². The molecule has 2 rings (SSSR count). The fraction of sp³-hybridized carbons (Fsp3) is 0.0714. The second kappa shape index (κ2) is 5.80. The highest BCUT2D eigenvalue weighted by molar-refractivity contribution is 8.06. The minimum atomic E-state index is -4.58. The quantitative estimate of drug-likeness (QED) is 0.913. The standard InChI is InChI=1S/C14H10F3NO3S/c15-14(16,17)10-5-4-6-11(9-10)18-13(19)22(20,21)12-7-2-1-3-8-12/h1-9H,(H,18,19). The second-order valence-corrected chi connectivity index (χ2v) is 6.16. The summed E-state index contributed by atoms with van der Waals surface area (Å²) in [5.41, 5.74) is -1.23. The summed E-state index contributed by atoms with van der Waals surface area (Å²) in [6, 6.07) is 10.6. The molecule has 2 aromatic carbocycles. The van der Waals surface area contributed by atoms with Crippen LogP contribution in [0.5, 0.6) is 0 Å². The molecule has 0 aliphatic heterocycles. The molecule has 2 aromatic rings. The van der Waals surface area contributed by atoms with E-state index in [0.29, 0.717) is 6.07 Å². The van der Waals surface area contributed by atoms with Crippen LogP contribution in [-0.2, 0) is 16.0 Å². The minimum absolute atomic E-state index is 0.237. The molecule has 0 fully saturated rings. The van der Waals surface area contributed by atoms with E-state index in [0.717, 1.165) is 12.1 Å². The zero-order chi connectivity index (χ0) is 16.4. The Balaban J connectivity index is 2.26. The van der Waals surface area contributed by atoms with E-state index in [1.165, 1.54) is 30.3 Å². The highest BCUT2D eigenvalue weighted by atomic mass is 32.2. The van der Waals surface area contributed by atoms with Gasteiger partial charge in [0.1, 0.15) is 0 Å². The summed E-state index contributed by atoms with van der Waals surface area (Å²) in [6.45, 7) is 0. The predicted molar refractivity (Wildman–Crippen MR) is 74.1 cm³/mol. The highest BCUT2D eigenvalue weighted by Crippen LogP contribution is 2.30. The lowest BCUT2D eigenvalue weighted by Gasteiger charge is -2.10. The van der Waals surface area contributed by atoms with Gasteiger partial charge in [-0.25, -0.2) is 8.42 Å². The minimum Gasteiger partial charge on any atom is -0.312 e. The average Bonchev–Trinajstić information content (AvgIpc) is 2.47. The van der Waals surface area contributed by atoms with Crippen LogP contribution >= 0.6 is 0 Å². The van der Waals surface area contributed by atoms with Gasteiger partial charge < -0.3 is 5.32 Å². The van der Waals surface area contributed by atoms with Crippen molar-refractivity contribution < 1.29 is 26.4 Å². The van der Waals surface area contributed by atoms with Crippen molar-refractivity contribution in [3.05, 3.63) is 60.2 Å². The summed E-state index contributed by atoms with van der Waals surface area (Å²) in [7, 11) is -4.32. The fourth-order valence-electron chi connectivity index (χ4n) is 1.66. The van der Waals surface area contributed by atoms with Crippen LogP contribution in [0.15, 0.2) is 59.5 Å². The van der Waals surface area contributed by atoms with E-state index in [9.17, 15) is 26.4 Å². The Kier molecular flexibility index (Phi) is 4.23. The van der Waals surface area contributed by atoms with E-state index in [1.807, 2.05) is 5.32 Å². The van der Waals surface area contributed by atoms with Gasteiger partial charge in [-0.2, -0.15) is 13.2 Å². The molecule has 0 spiro atoms. The van der Waals surface area contributed by atoms with E-state index in [1.54, 1.807) is 6.07 Å². The lowest BCUT2D eigenvalue weighted by Crippen LogP contribution is -2.21. The molecular weight excluding hydrogens is 319 g/mol. The number of rotatable bonds is 2. The van der Waals surface area contributed by atoms with Gasteiger partial charge in [0.2, 0.25) is 0 Å².